The first-order valence-electron chi connectivity index (χ1n) is 11.6. The third kappa shape index (κ3) is 5.20. The van der Waals surface area contributed by atoms with Crippen molar-refractivity contribution in [2.75, 3.05) is 0 Å². The van der Waals surface area contributed by atoms with Crippen LogP contribution in [0.15, 0.2) is 61.2 Å². The molecule has 1 saturated heterocycles. The standard InChI is InChI=1S/C28H33Cl2NO2/c1-6-15-28(5)17-24(21-9-8-10-23(30)16-21)26(20-11-13-22(29)14-12-20)31(27(28)33)25(7-2)18(3)19(4)32/h6,8-14,16,18,24-26H,1,7,15,17H2,2-5H3/t18-,24+,25?,26+,28-/m0/s1. The average molecular weight is 486 g/mol. The summed E-state index contributed by atoms with van der Waals surface area (Å²) in [5.74, 6) is -0.124. The summed E-state index contributed by atoms with van der Waals surface area (Å²) in [6.45, 7) is 11.5. The number of Topliss-reactive ketones (excluding diaryl/α,β-unsaturated/α-hetero) is 1. The van der Waals surface area contributed by atoms with Gasteiger partial charge in [0.1, 0.15) is 5.78 Å². The van der Waals surface area contributed by atoms with Crippen LogP contribution < -0.4 is 0 Å². The van der Waals surface area contributed by atoms with Crippen LogP contribution in [0.25, 0.3) is 0 Å². The van der Waals surface area contributed by atoms with E-state index in [1.165, 1.54) is 0 Å². The van der Waals surface area contributed by atoms with Crippen molar-refractivity contribution in [3.63, 3.8) is 0 Å². The second-order valence-electron chi connectivity index (χ2n) is 9.50. The topological polar surface area (TPSA) is 37.4 Å². The van der Waals surface area contributed by atoms with Crippen LogP contribution in [0.4, 0.5) is 0 Å². The highest BCUT2D eigenvalue weighted by molar-refractivity contribution is 6.30. The zero-order valence-corrected chi connectivity index (χ0v) is 21.4. The molecule has 2 aromatic carbocycles. The van der Waals surface area contributed by atoms with E-state index < -0.39 is 5.41 Å². The van der Waals surface area contributed by atoms with Crippen LogP contribution >= 0.6 is 23.2 Å². The summed E-state index contributed by atoms with van der Waals surface area (Å²) in [4.78, 5) is 28.6. The Labute approximate surface area is 207 Å². The van der Waals surface area contributed by atoms with E-state index in [4.69, 9.17) is 23.2 Å². The molecule has 0 spiro atoms. The lowest BCUT2D eigenvalue weighted by Crippen LogP contribution is -2.57. The Balaban J connectivity index is 2.27. The molecular weight excluding hydrogens is 453 g/mol. The second kappa shape index (κ2) is 10.4. The average Bonchev–Trinajstić information content (AvgIpc) is 2.77. The minimum Gasteiger partial charge on any atom is -0.331 e. The fraction of sp³-hybridized carbons (Fsp3) is 0.429. The lowest BCUT2D eigenvalue weighted by molar-refractivity contribution is -0.157. The van der Waals surface area contributed by atoms with E-state index in [2.05, 4.69) is 12.6 Å². The van der Waals surface area contributed by atoms with E-state index >= 15 is 0 Å². The van der Waals surface area contributed by atoms with Gasteiger partial charge < -0.3 is 4.90 Å². The van der Waals surface area contributed by atoms with Gasteiger partial charge in [0.15, 0.2) is 0 Å². The summed E-state index contributed by atoms with van der Waals surface area (Å²) < 4.78 is 0. The quantitative estimate of drug-likeness (QED) is 0.360. The van der Waals surface area contributed by atoms with Crippen molar-refractivity contribution < 1.29 is 9.59 Å². The van der Waals surface area contributed by atoms with Gasteiger partial charge in [0.2, 0.25) is 5.91 Å². The molecule has 33 heavy (non-hydrogen) atoms. The molecular formula is C28H33Cl2NO2. The molecule has 0 radical (unpaired) electrons. The summed E-state index contributed by atoms with van der Waals surface area (Å²) in [5, 5.41) is 1.31. The van der Waals surface area contributed by atoms with E-state index in [9.17, 15) is 9.59 Å². The van der Waals surface area contributed by atoms with Gasteiger partial charge in [0.25, 0.3) is 0 Å². The number of carbonyl (C=O) groups is 2. The molecule has 176 valence electrons. The van der Waals surface area contributed by atoms with Crippen LogP contribution in [0.2, 0.25) is 10.0 Å². The lowest BCUT2D eigenvalue weighted by atomic mass is 9.66. The van der Waals surface area contributed by atoms with Crippen LogP contribution in [0, 0.1) is 11.3 Å². The predicted molar refractivity (Wildman–Crippen MR) is 137 cm³/mol. The summed E-state index contributed by atoms with van der Waals surface area (Å²) >= 11 is 12.6. The molecule has 5 heteroatoms. The Kier molecular flexibility index (Phi) is 8.08. The third-order valence-electron chi connectivity index (χ3n) is 7.18. The van der Waals surface area contributed by atoms with Gasteiger partial charge in [-0.15, -0.1) is 6.58 Å². The minimum absolute atomic E-state index is 0.000679. The first kappa shape index (κ1) is 25.5. The van der Waals surface area contributed by atoms with Crippen molar-refractivity contribution in [1.29, 1.82) is 0 Å². The van der Waals surface area contributed by atoms with Gasteiger partial charge in [0, 0.05) is 27.9 Å². The number of hydrogen-bond acceptors (Lipinski definition) is 2. The fourth-order valence-corrected chi connectivity index (χ4v) is 5.64. The zero-order valence-electron chi connectivity index (χ0n) is 19.9. The van der Waals surface area contributed by atoms with Crippen LogP contribution in [-0.2, 0) is 9.59 Å². The third-order valence-corrected chi connectivity index (χ3v) is 7.67. The van der Waals surface area contributed by atoms with E-state index in [-0.39, 0.29) is 35.6 Å². The molecule has 2 aromatic rings. The molecule has 0 aromatic heterocycles. The van der Waals surface area contributed by atoms with Crippen molar-refractivity contribution in [2.45, 2.75) is 65.0 Å². The number of likely N-dealkylation sites (tertiary alicyclic amines) is 1. The summed E-state index contributed by atoms with van der Waals surface area (Å²) in [5.41, 5.74) is 1.47. The lowest BCUT2D eigenvalue weighted by Gasteiger charge is -2.53. The molecule has 3 rings (SSSR count). The summed E-state index contributed by atoms with van der Waals surface area (Å²) in [6, 6.07) is 15.1. The Morgan fingerprint density at radius 1 is 1.18 bits per heavy atom. The number of allylic oxidation sites excluding steroid dienone is 1. The molecule has 1 heterocycles. The van der Waals surface area contributed by atoms with E-state index in [1.54, 1.807) is 6.92 Å². The smallest absolute Gasteiger partial charge is 0.229 e. The van der Waals surface area contributed by atoms with Crippen LogP contribution in [0.1, 0.15) is 70.0 Å². The van der Waals surface area contributed by atoms with Gasteiger partial charge in [-0.1, -0.05) is 74.3 Å². The fourth-order valence-electron chi connectivity index (χ4n) is 5.31. The van der Waals surface area contributed by atoms with Gasteiger partial charge >= 0.3 is 0 Å². The Hall–Kier alpha value is -2.10. The zero-order chi connectivity index (χ0) is 24.3. The highest BCUT2D eigenvalue weighted by Crippen LogP contribution is 2.52. The number of halogens is 2. The monoisotopic (exact) mass is 485 g/mol. The van der Waals surface area contributed by atoms with Crippen molar-refractivity contribution in [3.05, 3.63) is 82.4 Å². The molecule has 0 aliphatic carbocycles. The summed E-state index contributed by atoms with van der Waals surface area (Å²) in [7, 11) is 0. The van der Waals surface area contributed by atoms with Crippen molar-refractivity contribution >= 4 is 34.9 Å². The number of hydrogen-bond donors (Lipinski definition) is 0. The molecule has 5 atom stereocenters. The molecule has 0 N–H and O–H groups in total. The van der Waals surface area contributed by atoms with Gasteiger partial charge in [-0.3, -0.25) is 9.59 Å². The number of amides is 1. The maximum Gasteiger partial charge on any atom is 0.229 e. The number of ketones is 1. The van der Waals surface area contributed by atoms with Crippen LogP contribution in [-0.4, -0.2) is 22.6 Å². The Morgan fingerprint density at radius 3 is 2.39 bits per heavy atom. The van der Waals surface area contributed by atoms with E-state index in [1.807, 2.05) is 74.2 Å². The van der Waals surface area contributed by atoms with Crippen LogP contribution in [0.5, 0.6) is 0 Å². The van der Waals surface area contributed by atoms with E-state index in [0.717, 1.165) is 11.1 Å². The molecule has 1 unspecified atom stereocenters. The van der Waals surface area contributed by atoms with Crippen molar-refractivity contribution in [3.8, 4) is 0 Å². The Bertz CT molecular complexity index is 1020. The second-order valence-corrected chi connectivity index (χ2v) is 10.4. The molecule has 3 nitrogen and oxygen atoms in total. The minimum atomic E-state index is -0.623. The maximum absolute atomic E-state index is 14.2. The van der Waals surface area contributed by atoms with E-state index in [0.29, 0.717) is 29.3 Å². The molecule has 1 amide bonds. The molecule has 0 saturated carbocycles. The largest absolute Gasteiger partial charge is 0.331 e. The highest BCUT2D eigenvalue weighted by Gasteiger charge is 2.51. The number of rotatable bonds is 8. The van der Waals surface area contributed by atoms with Crippen LogP contribution in [0.3, 0.4) is 0 Å². The number of piperidine rings is 1. The molecule has 1 fully saturated rings. The van der Waals surface area contributed by atoms with Gasteiger partial charge in [0.05, 0.1) is 11.5 Å². The molecule has 0 bridgehead atoms. The number of carbonyl (C=O) groups excluding carboxylic acids is 2. The predicted octanol–water partition coefficient (Wildman–Crippen LogP) is 7.64. The molecule has 1 aliphatic heterocycles. The first-order valence-corrected chi connectivity index (χ1v) is 12.3. The summed E-state index contributed by atoms with van der Waals surface area (Å²) in [6.07, 6.45) is 3.73. The first-order chi connectivity index (χ1) is 15.6. The van der Waals surface area contributed by atoms with Gasteiger partial charge in [-0.2, -0.15) is 0 Å². The Morgan fingerprint density at radius 2 is 1.85 bits per heavy atom. The number of nitrogens with zero attached hydrogens (tertiary/aromatic N) is 1. The van der Waals surface area contributed by atoms with Crippen molar-refractivity contribution in [2.24, 2.45) is 11.3 Å². The SMILES string of the molecule is C=CC[C@@]1(C)C[C@H](c2cccc(Cl)c2)[C@@H](c2ccc(Cl)cc2)N(C(CC)[C@@H](C)C(C)=O)C1=O. The van der Waals surface area contributed by atoms with Crippen molar-refractivity contribution in [1.82, 2.24) is 4.90 Å². The molecule has 1 aliphatic rings. The van der Waals surface area contributed by atoms with Gasteiger partial charge in [-0.05, 0) is 61.6 Å². The maximum atomic E-state index is 14.2. The normalized spacial score (nSPS) is 24.9. The highest BCUT2D eigenvalue weighted by atomic mass is 35.5. The number of benzene rings is 2. The van der Waals surface area contributed by atoms with Gasteiger partial charge in [-0.25, -0.2) is 0 Å².